The molecule has 2 heterocycles. The maximum absolute atomic E-state index is 5.50. The van der Waals surface area contributed by atoms with Gasteiger partial charge in [-0.25, -0.2) is 0 Å². The van der Waals surface area contributed by atoms with Crippen LogP contribution in [0.15, 0.2) is 44.0 Å². The van der Waals surface area contributed by atoms with Crippen LogP contribution in [0.4, 0.5) is 0 Å². The third kappa shape index (κ3) is 3.22. The van der Waals surface area contributed by atoms with Gasteiger partial charge in [-0.15, -0.1) is 0 Å². The lowest BCUT2D eigenvalue weighted by Gasteiger charge is -2.17. The van der Waals surface area contributed by atoms with Gasteiger partial charge in [0.15, 0.2) is 0 Å². The highest BCUT2D eigenvalue weighted by atomic mass is 79.9. The Morgan fingerprint density at radius 1 is 1.44 bits per heavy atom. The molecule has 0 aliphatic carbocycles. The quantitative estimate of drug-likeness (QED) is 0.849. The number of aromatic nitrogens is 1. The van der Waals surface area contributed by atoms with Crippen molar-refractivity contribution in [1.29, 1.82) is 0 Å². The summed E-state index contributed by atoms with van der Waals surface area (Å²) in [4.78, 5) is 4.47. The average molecular weight is 374 g/mol. The summed E-state index contributed by atoms with van der Waals surface area (Å²) < 4.78 is 7.41. The fraction of sp³-hybridized carbons (Fsp3) is 0.308. The summed E-state index contributed by atoms with van der Waals surface area (Å²) in [5, 5.41) is 3.45. The zero-order valence-electron chi connectivity index (χ0n) is 9.99. The van der Waals surface area contributed by atoms with Gasteiger partial charge in [-0.1, -0.05) is 6.92 Å². The fourth-order valence-corrected chi connectivity index (χ4v) is 2.93. The summed E-state index contributed by atoms with van der Waals surface area (Å²) in [5.41, 5.74) is 0.932. The summed E-state index contributed by atoms with van der Waals surface area (Å²) in [7, 11) is 0. The number of nitrogens with one attached hydrogen (secondary N) is 1. The topological polar surface area (TPSA) is 38.1 Å². The molecule has 0 bridgehead atoms. The van der Waals surface area contributed by atoms with Crippen LogP contribution in [0.5, 0.6) is 0 Å². The molecule has 0 spiro atoms. The van der Waals surface area contributed by atoms with Crippen molar-refractivity contribution >= 4 is 31.9 Å². The van der Waals surface area contributed by atoms with Crippen LogP contribution < -0.4 is 5.32 Å². The van der Waals surface area contributed by atoms with Crippen molar-refractivity contribution in [3.05, 3.63) is 51.1 Å². The zero-order chi connectivity index (χ0) is 13.0. The van der Waals surface area contributed by atoms with Crippen LogP contribution in [-0.2, 0) is 0 Å². The second-order valence-electron chi connectivity index (χ2n) is 3.92. The minimum Gasteiger partial charge on any atom is -0.467 e. The predicted octanol–water partition coefficient (Wildman–Crippen LogP) is 4.29. The van der Waals surface area contributed by atoms with Crippen molar-refractivity contribution in [1.82, 2.24) is 10.3 Å². The number of hydrogen-bond acceptors (Lipinski definition) is 3. The molecule has 1 N–H and O–H groups in total. The van der Waals surface area contributed by atoms with Crippen molar-refractivity contribution < 1.29 is 4.42 Å². The SMILES string of the molecule is CCCNC(c1ccco1)c1ncc(Br)cc1Br. The second-order valence-corrected chi connectivity index (χ2v) is 5.69. The minimum absolute atomic E-state index is 0.0255. The van der Waals surface area contributed by atoms with Gasteiger partial charge in [-0.2, -0.15) is 0 Å². The van der Waals surface area contributed by atoms with Gasteiger partial charge in [-0.3, -0.25) is 4.98 Å². The minimum atomic E-state index is -0.0255. The van der Waals surface area contributed by atoms with Crippen LogP contribution in [0, 0.1) is 0 Å². The summed E-state index contributed by atoms with van der Waals surface area (Å²) in [6, 6.07) is 5.82. The van der Waals surface area contributed by atoms with Gasteiger partial charge in [0.2, 0.25) is 0 Å². The normalized spacial score (nSPS) is 12.6. The van der Waals surface area contributed by atoms with Crippen LogP contribution in [0.3, 0.4) is 0 Å². The first-order chi connectivity index (χ1) is 8.72. The lowest BCUT2D eigenvalue weighted by atomic mass is 10.1. The summed E-state index contributed by atoms with van der Waals surface area (Å²) in [5.74, 6) is 0.874. The van der Waals surface area contributed by atoms with Gasteiger partial charge < -0.3 is 9.73 Å². The molecule has 1 atom stereocenters. The monoisotopic (exact) mass is 372 g/mol. The van der Waals surface area contributed by atoms with E-state index in [2.05, 4.69) is 49.1 Å². The van der Waals surface area contributed by atoms with Gasteiger partial charge in [0.05, 0.1) is 12.0 Å². The highest BCUT2D eigenvalue weighted by Crippen LogP contribution is 2.29. The first-order valence-electron chi connectivity index (χ1n) is 5.80. The number of furan rings is 1. The van der Waals surface area contributed by atoms with Crippen LogP contribution >= 0.6 is 31.9 Å². The molecule has 18 heavy (non-hydrogen) atoms. The van der Waals surface area contributed by atoms with Crippen LogP contribution in [-0.4, -0.2) is 11.5 Å². The van der Waals surface area contributed by atoms with Crippen molar-refractivity contribution in [2.75, 3.05) is 6.54 Å². The van der Waals surface area contributed by atoms with E-state index in [1.54, 1.807) is 12.5 Å². The third-order valence-electron chi connectivity index (χ3n) is 2.54. The Bertz CT molecular complexity index is 500. The molecule has 0 saturated heterocycles. The van der Waals surface area contributed by atoms with E-state index in [1.807, 2.05) is 18.2 Å². The molecule has 0 radical (unpaired) electrons. The molecule has 3 nitrogen and oxygen atoms in total. The number of rotatable bonds is 5. The Labute approximate surface area is 123 Å². The highest BCUT2D eigenvalue weighted by molar-refractivity contribution is 9.11. The molecule has 0 aromatic carbocycles. The number of halogens is 2. The number of pyridine rings is 1. The van der Waals surface area contributed by atoms with Gasteiger partial charge >= 0.3 is 0 Å². The van der Waals surface area contributed by atoms with E-state index in [4.69, 9.17) is 4.42 Å². The molecule has 2 rings (SSSR count). The lowest BCUT2D eigenvalue weighted by Crippen LogP contribution is -2.24. The van der Waals surface area contributed by atoms with E-state index in [9.17, 15) is 0 Å². The van der Waals surface area contributed by atoms with E-state index < -0.39 is 0 Å². The lowest BCUT2D eigenvalue weighted by molar-refractivity contribution is 0.441. The molecule has 2 aromatic heterocycles. The van der Waals surface area contributed by atoms with E-state index in [0.29, 0.717) is 0 Å². The number of hydrogen-bond donors (Lipinski definition) is 1. The maximum atomic E-state index is 5.50. The van der Waals surface area contributed by atoms with Crippen LogP contribution in [0.2, 0.25) is 0 Å². The Balaban J connectivity index is 2.33. The van der Waals surface area contributed by atoms with E-state index in [0.717, 1.165) is 33.4 Å². The average Bonchev–Trinajstić information content (AvgIpc) is 2.85. The summed E-state index contributed by atoms with van der Waals surface area (Å²) >= 11 is 6.96. The van der Waals surface area contributed by atoms with Crippen LogP contribution in [0.1, 0.15) is 30.8 Å². The number of nitrogens with zero attached hydrogens (tertiary/aromatic N) is 1. The van der Waals surface area contributed by atoms with Crippen molar-refractivity contribution in [3.63, 3.8) is 0 Å². The predicted molar refractivity (Wildman–Crippen MR) is 78.5 cm³/mol. The molecule has 5 heteroatoms. The molecule has 0 amide bonds. The van der Waals surface area contributed by atoms with E-state index in [-0.39, 0.29) is 6.04 Å². The summed E-state index contributed by atoms with van der Waals surface area (Å²) in [6.45, 7) is 3.05. The molecule has 96 valence electrons. The second kappa shape index (κ2) is 6.50. The largest absolute Gasteiger partial charge is 0.467 e. The van der Waals surface area contributed by atoms with Gasteiger partial charge in [-0.05, 0) is 63.0 Å². The third-order valence-corrected chi connectivity index (χ3v) is 3.60. The Kier molecular flexibility index (Phi) is 4.97. The molecular formula is C13H14Br2N2O. The molecule has 0 aliphatic heterocycles. The van der Waals surface area contributed by atoms with Gasteiger partial charge in [0.1, 0.15) is 11.8 Å². The van der Waals surface area contributed by atoms with Gasteiger partial charge in [0.25, 0.3) is 0 Å². The Hall–Kier alpha value is -0.650. The van der Waals surface area contributed by atoms with E-state index >= 15 is 0 Å². The highest BCUT2D eigenvalue weighted by Gasteiger charge is 2.20. The molecular weight excluding hydrogens is 360 g/mol. The molecule has 1 unspecified atom stereocenters. The molecule has 0 aliphatic rings. The van der Waals surface area contributed by atoms with Crippen molar-refractivity contribution in [3.8, 4) is 0 Å². The first kappa shape index (κ1) is 13.8. The van der Waals surface area contributed by atoms with Crippen molar-refractivity contribution in [2.45, 2.75) is 19.4 Å². The molecule has 0 saturated carbocycles. The Morgan fingerprint density at radius 2 is 2.28 bits per heavy atom. The maximum Gasteiger partial charge on any atom is 0.126 e. The van der Waals surface area contributed by atoms with Crippen LogP contribution in [0.25, 0.3) is 0 Å². The smallest absolute Gasteiger partial charge is 0.126 e. The van der Waals surface area contributed by atoms with Gasteiger partial charge in [0, 0.05) is 15.1 Å². The van der Waals surface area contributed by atoms with Crippen molar-refractivity contribution in [2.24, 2.45) is 0 Å². The van der Waals surface area contributed by atoms with E-state index in [1.165, 1.54) is 0 Å². The standard InChI is InChI=1S/C13H14Br2N2O/c1-2-5-16-13(11-4-3-6-18-11)12-10(15)7-9(14)8-17-12/h3-4,6-8,13,16H,2,5H2,1H3. The molecule has 0 fully saturated rings. The zero-order valence-corrected chi connectivity index (χ0v) is 13.2. The first-order valence-corrected chi connectivity index (χ1v) is 7.38. The Morgan fingerprint density at radius 3 is 2.89 bits per heavy atom. The molecule has 2 aromatic rings. The fourth-order valence-electron chi connectivity index (χ4n) is 1.71. The summed E-state index contributed by atoms with van der Waals surface area (Å²) in [6.07, 6.45) is 4.54.